The van der Waals surface area contributed by atoms with Gasteiger partial charge in [-0.1, -0.05) is 0 Å². The minimum absolute atomic E-state index is 0.0393. The normalized spacial score (nSPS) is 9.56. The number of phenolic OH excluding ortho intramolecular Hbond substituents is 1. The van der Waals surface area contributed by atoms with Gasteiger partial charge in [-0.2, -0.15) is 5.26 Å². The molecular weight excluding hydrogens is 240 g/mol. The summed E-state index contributed by atoms with van der Waals surface area (Å²) in [5.74, 6) is -1.30. The van der Waals surface area contributed by atoms with Crippen molar-refractivity contribution in [1.29, 1.82) is 5.26 Å². The Balaban J connectivity index is 3.22. The van der Waals surface area contributed by atoms with E-state index in [2.05, 4.69) is 4.74 Å². The van der Waals surface area contributed by atoms with Crippen LogP contribution in [0, 0.1) is 21.4 Å². The van der Waals surface area contributed by atoms with Crippen molar-refractivity contribution in [1.82, 2.24) is 0 Å². The highest BCUT2D eigenvalue weighted by Gasteiger charge is 2.23. The smallest absolute Gasteiger partial charge is 0.314 e. The molecule has 0 aliphatic carbocycles. The van der Waals surface area contributed by atoms with Gasteiger partial charge in [-0.3, -0.25) is 14.9 Å². The molecular formula is C11H10N2O5. The molecule has 1 rings (SSSR count). The van der Waals surface area contributed by atoms with Crippen LogP contribution in [0.15, 0.2) is 12.1 Å². The third-order valence-corrected chi connectivity index (χ3v) is 2.12. The van der Waals surface area contributed by atoms with Crippen LogP contribution in [0.3, 0.4) is 0 Å². The van der Waals surface area contributed by atoms with Crippen molar-refractivity contribution in [3.05, 3.63) is 33.4 Å². The SMILES string of the molecule is CCOC(=O)Cc1cc(C#N)cc(O)c1[N+](=O)[O-]. The number of nitriles is 1. The summed E-state index contributed by atoms with van der Waals surface area (Å²) in [4.78, 5) is 21.3. The molecule has 0 spiro atoms. The third-order valence-electron chi connectivity index (χ3n) is 2.12. The first-order valence-electron chi connectivity index (χ1n) is 5.05. The minimum Gasteiger partial charge on any atom is -0.502 e. The molecule has 1 aromatic rings. The predicted octanol–water partition coefficient (Wildman–Crippen LogP) is 1.28. The molecule has 18 heavy (non-hydrogen) atoms. The Bertz CT molecular complexity index is 533. The highest BCUT2D eigenvalue weighted by Crippen LogP contribution is 2.31. The molecule has 0 unspecified atom stereocenters. The van der Waals surface area contributed by atoms with Crippen LogP contribution in [-0.2, 0) is 16.0 Å². The van der Waals surface area contributed by atoms with Crippen LogP contribution in [-0.4, -0.2) is 22.6 Å². The van der Waals surface area contributed by atoms with E-state index in [9.17, 15) is 20.0 Å². The minimum atomic E-state index is -0.801. The fraction of sp³-hybridized carbons (Fsp3) is 0.273. The lowest BCUT2D eigenvalue weighted by molar-refractivity contribution is -0.386. The van der Waals surface area contributed by atoms with Gasteiger partial charge in [0, 0.05) is 11.6 Å². The van der Waals surface area contributed by atoms with Gasteiger partial charge in [0.15, 0.2) is 5.75 Å². The van der Waals surface area contributed by atoms with Crippen LogP contribution < -0.4 is 0 Å². The standard InChI is InChI=1S/C11H10N2O5/c1-2-18-10(15)5-8-3-7(6-12)4-9(14)11(8)13(16)17/h3-4,14H,2,5H2,1H3. The second-order valence-electron chi connectivity index (χ2n) is 3.35. The van der Waals surface area contributed by atoms with E-state index in [1.165, 1.54) is 6.07 Å². The van der Waals surface area contributed by atoms with Crippen LogP contribution in [0.25, 0.3) is 0 Å². The number of nitrogens with zero attached hydrogens (tertiary/aromatic N) is 2. The van der Waals surface area contributed by atoms with Crippen LogP contribution in [0.1, 0.15) is 18.1 Å². The molecule has 7 nitrogen and oxygen atoms in total. The molecule has 7 heteroatoms. The van der Waals surface area contributed by atoms with Crippen LogP contribution in [0.4, 0.5) is 5.69 Å². The maximum absolute atomic E-state index is 11.3. The molecule has 0 aliphatic heterocycles. The number of esters is 1. The molecule has 94 valence electrons. The van der Waals surface area contributed by atoms with E-state index in [0.717, 1.165) is 6.07 Å². The summed E-state index contributed by atoms with van der Waals surface area (Å²) in [7, 11) is 0. The Morgan fingerprint density at radius 1 is 1.61 bits per heavy atom. The number of rotatable bonds is 4. The summed E-state index contributed by atoms with van der Waals surface area (Å²) in [5, 5.41) is 29.0. The van der Waals surface area contributed by atoms with Crippen LogP contribution in [0.2, 0.25) is 0 Å². The maximum atomic E-state index is 11.3. The number of carbonyl (C=O) groups excluding carboxylic acids is 1. The number of nitro benzene ring substituents is 1. The molecule has 0 amide bonds. The monoisotopic (exact) mass is 250 g/mol. The topological polar surface area (TPSA) is 113 Å². The highest BCUT2D eigenvalue weighted by molar-refractivity contribution is 5.75. The highest BCUT2D eigenvalue weighted by atomic mass is 16.6. The molecule has 0 saturated heterocycles. The quantitative estimate of drug-likeness (QED) is 0.489. The van der Waals surface area contributed by atoms with Crippen molar-refractivity contribution in [3.63, 3.8) is 0 Å². The van der Waals surface area contributed by atoms with Gasteiger partial charge in [-0.15, -0.1) is 0 Å². The summed E-state index contributed by atoms with van der Waals surface area (Å²) in [5.41, 5.74) is -0.588. The lowest BCUT2D eigenvalue weighted by Crippen LogP contribution is -2.09. The molecule has 0 aliphatic rings. The number of hydrogen-bond donors (Lipinski definition) is 1. The average molecular weight is 250 g/mol. The molecule has 0 bridgehead atoms. The number of benzene rings is 1. The Morgan fingerprint density at radius 2 is 2.28 bits per heavy atom. The summed E-state index contributed by atoms with van der Waals surface area (Å²) < 4.78 is 4.67. The average Bonchev–Trinajstić information content (AvgIpc) is 2.27. The molecule has 0 saturated carbocycles. The third kappa shape index (κ3) is 2.95. The van der Waals surface area contributed by atoms with Gasteiger partial charge in [0.2, 0.25) is 0 Å². The van der Waals surface area contributed by atoms with Gasteiger partial charge in [0.25, 0.3) is 0 Å². The first kappa shape index (κ1) is 13.4. The van der Waals surface area contributed by atoms with Crippen molar-refractivity contribution in [2.45, 2.75) is 13.3 Å². The lowest BCUT2D eigenvalue weighted by Gasteiger charge is -2.05. The molecule has 0 aromatic heterocycles. The Kier molecular flexibility index (Phi) is 4.21. The zero-order valence-electron chi connectivity index (χ0n) is 9.54. The van der Waals surface area contributed by atoms with E-state index < -0.39 is 22.3 Å². The Hall–Kier alpha value is -2.62. The zero-order chi connectivity index (χ0) is 13.7. The molecule has 0 fully saturated rings. The van der Waals surface area contributed by atoms with Crippen molar-refractivity contribution < 1.29 is 19.6 Å². The van der Waals surface area contributed by atoms with Gasteiger partial charge < -0.3 is 9.84 Å². The maximum Gasteiger partial charge on any atom is 0.314 e. The zero-order valence-corrected chi connectivity index (χ0v) is 9.54. The molecule has 0 atom stereocenters. The first-order valence-corrected chi connectivity index (χ1v) is 5.05. The van der Waals surface area contributed by atoms with Gasteiger partial charge in [0.05, 0.1) is 29.6 Å². The van der Waals surface area contributed by atoms with E-state index in [0.29, 0.717) is 0 Å². The number of ether oxygens (including phenoxy) is 1. The molecule has 1 N–H and O–H groups in total. The summed E-state index contributed by atoms with van der Waals surface area (Å²) in [6.45, 7) is 1.76. The van der Waals surface area contributed by atoms with E-state index in [-0.39, 0.29) is 24.2 Å². The van der Waals surface area contributed by atoms with E-state index in [1.807, 2.05) is 0 Å². The summed E-state index contributed by atoms with van der Waals surface area (Å²) >= 11 is 0. The second kappa shape index (κ2) is 5.63. The van der Waals surface area contributed by atoms with Gasteiger partial charge in [0.1, 0.15) is 0 Å². The van der Waals surface area contributed by atoms with Crippen molar-refractivity contribution in [3.8, 4) is 11.8 Å². The number of carbonyl (C=O) groups is 1. The van der Waals surface area contributed by atoms with Gasteiger partial charge in [-0.25, -0.2) is 0 Å². The Morgan fingerprint density at radius 3 is 2.78 bits per heavy atom. The van der Waals surface area contributed by atoms with E-state index >= 15 is 0 Å². The number of hydrogen-bond acceptors (Lipinski definition) is 6. The number of aromatic hydroxyl groups is 1. The second-order valence-corrected chi connectivity index (χ2v) is 3.35. The van der Waals surface area contributed by atoms with E-state index in [4.69, 9.17) is 5.26 Å². The van der Waals surface area contributed by atoms with Crippen molar-refractivity contribution in [2.24, 2.45) is 0 Å². The van der Waals surface area contributed by atoms with Gasteiger partial charge >= 0.3 is 11.7 Å². The fourth-order valence-corrected chi connectivity index (χ4v) is 1.46. The summed E-state index contributed by atoms with van der Waals surface area (Å²) in [6, 6.07) is 3.91. The van der Waals surface area contributed by atoms with Crippen LogP contribution >= 0.6 is 0 Å². The van der Waals surface area contributed by atoms with Crippen molar-refractivity contribution >= 4 is 11.7 Å². The predicted molar refractivity (Wildman–Crippen MR) is 59.8 cm³/mol. The fourth-order valence-electron chi connectivity index (χ4n) is 1.46. The Labute approximate surface area is 102 Å². The van der Waals surface area contributed by atoms with Crippen LogP contribution in [0.5, 0.6) is 5.75 Å². The molecule has 0 heterocycles. The number of nitro groups is 1. The molecule has 1 aromatic carbocycles. The lowest BCUT2D eigenvalue weighted by atomic mass is 10.1. The van der Waals surface area contributed by atoms with Crippen molar-refractivity contribution in [2.75, 3.05) is 6.61 Å². The van der Waals surface area contributed by atoms with E-state index in [1.54, 1.807) is 13.0 Å². The first-order chi connectivity index (χ1) is 8.49. The number of phenols is 1. The van der Waals surface area contributed by atoms with Gasteiger partial charge in [-0.05, 0) is 13.0 Å². The largest absolute Gasteiger partial charge is 0.502 e. The molecule has 0 radical (unpaired) electrons. The summed E-state index contributed by atoms with van der Waals surface area (Å²) in [6.07, 6.45) is -0.368.